The molecule has 3 rings (SSSR count). The van der Waals surface area contributed by atoms with Gasteiger partial charge in [0, 0.05) is 5.38 Å². The van der Waals surface area contributed by atoms with E-state index in [0.717, 1.165) is 5.56 Å². The molecule has 0 saturated carbocycles. The summed E-state index contributed by atoms with van der Waals surface area (Å²) in [5, 5.41) is 6.54. The summed E-state index contributed by atoms with van der Waals surface area (Å²) in [4.78, 5) is 4.04. The van der Waals surface area contributed by atoms with Crippen molar-refractivity contribution in [3.05, 3.63) is 69.8 Å². The first-order valence-electron chi connectivity index (χ1n) is 7.27. The average Bonchev–Trinajstić information content (AvgIpc) is 3.02. The maximum absolute atomic E-state index is 13.4. The van der Waals surface area contributed by atoms with Gasteiger partial charge in [0.15, 0.2) is 0 Å². The lowest BCUT2D eigenvalue weighted by molar-refractivity contribution is 0.305. The molecule has 0 aliphatic heterocycles. The molecule has 1 aromatic heterocycles. The Balaban J connectivity index is 1.59. The lowest BCUT2D eigenvalue weighted by Gasteiger charge is -2.07. The fourth-order valence-corrected chi connectivity index (χ4v) is 2.65. The van der Waals surface area contributed by atoms with Crippen molar-refractivity contribution in [1.82, 2.24) is 4.98 Å². The first kappa shape index (κ1) is 17.2. The number of nitrogens with two attached hydrogens (primary N) is 1. The second-order valence-corrected chi connectivity index (χ2v) is 6.32. The maximum atomic E-state index is 13.4. The van der Waals surface area contributed by atoms with Crippen LogP contribution in [0.1, 0.15) is 11.1 Å². The van der Waals surface area contributed by atoms with Gasteiger partial charge in [-0.15, -0.1) is 11.3 Å². The molecule has 8 heteroatoms. The number of hydrogen-bond acceptors (Lipinski definition) is 6. The van der Waals surface area contributed by atoms with E-state index in [-0.39, 0.29) is 11.6 Å². The number of benzene rings is 2. The third-order valence-corrected chi connectivity index (χ3v) is 4.22. The van der Waals surface area contributed by atoms with Crippen molar-refractivity contribution in [3.63, 3.8) is 0 Å². The maximum Gasteiger partial charge on any atom is 0.205 e. The van der Waals surface area contributed by atoms with Crippen LogP contribution < -0.4 is 15.9 Å². The van der Waals surface area contributed by atoms with Crippen LogP contribution in [0.25, 0.3) is 0 Å². The van der Waals surface area contributed by atoms with Crippen molar-refractivity contribution in [1.29, 1.82) is 0 Å². The molecule has 0 aliphatic carbocycles. The molecule has 0 radical (unpaired) electrons. The summed E-state index contributed by atoms with van der Waals surface area (Å²) >= 11 is 7.04. The molecular formula is C17H14ClFN4OS. The normalized spacial score (nSPS) is 11.0. The van der Waals surface area contributed by atoms with Crippen LogP contribution in [0.5, 0.6) is 5.75 Å². The zero-order chi connectivity index (χ0) is 17.6. The lowest BCUT2D eigenvalue weighted by Crippen LogP contribution is -1.97. The number of nitrogen functional groups attached to an aromatic ring is 1. The SMILES string of the molecule is Nc1csc(NN=Cc2cccc(OCc3ccc(Cl)c(F)c3)c2)n1. The van der Waals surface area contributed by atoms with E-state index in [2.05, 4.69) is 15.5 Å². The van der Waals surface area contributed by atoms with Crippen LogP contribution >= 0.6 is 22.9 Å². The van der Waals surface area contributed by atoms with Crippen LogP contribution in [0.4, 0.5) is 15.3 Å². The largest absolute Gasteiger partial charge is 0.489 e. The molecule has 0 saturated heterocycles. The molecule has 0 aliphatic rings. The number of halogens is 2. The minimum absolute atomic E-state index is 0.0939. The molecular weight excluding hydrogens is 363 g/mol. The summed E-state index contributed by atoms with van der Waals surface area (Å²) in [5.74, 6) is 0.645. The number of nitrogens with zero attached hydrogens (tertiary/aromatic N) is 2. The molecule has 0 spiro atoms. The Bertz CT molecular complexity index is 900. The van der Waals surface area contributed by atoms with E-state index >= 15 is 0 Å². The van der Waals surface area contributed by atoms with E-state index in [1.165, 1.54) is 23.5 Å². The van der Waals surface area contributed by atoms with Gasteiger partial charge < -0.3 is 10.5 Å². The van der Waals surface area contributed by atoms with Crippen LogP contribution in [-0.4, -0.2) is 11.2 Å². The summed E-state index contributed by atoms with van der Waals surface area (Å²) in [5.41, 5.74) is 9.89. The van der Waals surface area contributed by atoms with Crippen molar-refractivity contribution >= 4 is 40.1 Å². The smallest absolute Gasteiger partial charge is 0.205 e. The minimum Gasteiger partial charge on any atom is -0.489 e. The van der Waals surface area contributed by atoms with Gasteiger partial charge in [0.1, 0.15) is 24.0 Å². The molecule has 5 nitrogen and oxygen atoms in total. The Morgan fingerprint density at radius 3 is 2.96 bits per heavy atom. The van der Waals surface area contributed by atoms with Gasteiger partial charge in [-0.3, -0.25) is 5.43 Å². The van der Waals surface area contributed by atoms with Crippen LogP contribution in [0, 0.1) is 5.82 Å². The summed E-state index contributed by atoms with van der Waals surface area (Å²) in [6, 6.07) is 12.0. The number of anilines is 2. The minimum atomic E-state index is -0.461. The number of rotatable bonds is 6. The average molecular weight is 377 g/mol. The first-order chi connectivity index (χ1) is 12.1. The Hall–Kier alpha value is -2.64. The standard InChI is InChI=1S/C17H14ClFN4OS/c18-14-5-4-12(7-15(14)19)9-24-13-3-1-2-11(6-13)8-21-23-17-22-16(20)10-25-17/h1-8,10H,9,20H2,(H,22,23). The fourth-order valence-electron chi connectivity index (χ4n) is 1.98. The predicted molar refractivity (Wildman–Crippen MR) is 99.9 cm³/mol. The van der Waals surface area contributed by atoms with Gasteiger partial charge in [-0.25, -0.2) is 9.37 Å². The Labute approximate surface area is 152 Å². The predicted octanol–water partition coefficient (Wildman–Crippen LogP) is 4.54. The topological polar surface area (TPSA) is 72.5 Å². The highest BCUT2D eigenvalue weighted by Crippen LogP contribution is 2.19. The molecule has 0 fully saturated rings. The monoisotopic (exact) mass is 376 g/mol. The Morgan fingerprint density at radius 2 is 2.20 bits per heavy atom. The fraction of sp³-hybridized carbons (Fsp3) is 0.0588. The number of hydrazone groups is 1. The highest BCUT2D eigenvalue weighted by Gasteiger charge is 2.02. The molecule has 25 heavy (non-hydrogen) atoms. The molecule has 2 aromatic carbocycles. The summed E-state index contributed by atoms with van der Waals surface area (Å²) in [6.45, 7) is 0.241. The van der Waals surface area contributed by atoms with Crippen molar-refractivity contribution < 1.29 is 9.13 Å². The highest BCUT2D eigenvalue weighted by atomic mass is 35.5. The molecule has 128 valence electrons. The molecule has 3 N–H and O–H groups in total. The zero-order valence-corrected chi connectivity index (χ0v) is 14.5. The van der Waals surface area contributed by atoms with Crippen molar-refractivity contribution in [2.75, 3.05) is 11.2 Å². The number of hydrogen-bond donors (Lipinski definition) is 2. The first-order valence-corrected chi connectivity index (χ1v) is 8.53. The molecule has 3 aromatic rings. The van der Waals surface area contributed by atoms with E-state index in [1.54, 1.807) is 17.7 Å². The van der Waals surface area contributed by atoms with Crippen molar-refractivity contribution in [2.45, 2.75) is 6.61 Å². The van der Waals surface area contributed by atoms with E-state index in [1.807, 2.05) is 24.3 Å². The summed E-state index contributed by atoms with van der Waals surface area (Å²) in [7, 11) is 0. The van der Waals surface area contributed by atoms with Gasteiger partial charge in [0.2, 0.25) is 5.13 Å². The quantitative estimate of drug-likeness (QED) is 0.489. The number of nitrogens with one attached hydrogen (secondary N) is 1. The van der Waals surface area contributed by atoms with Crippen LogP contribution in [0.15, 0.2) is 52.9 Å². The number of thiazole rings is 1. The summed E-state index contributed by atoms with van der Waals surface area (Å²) in [6.07, 6.45) is 1.65. The number of aromatic nitrogens is 1. The second-order valence-electron chi connectivity index (χ2n) is 5.06. The van der Waals surface area contributed by atoms with Crippen molar-refractivity contribution in [3.8, 4) is 5.75 Å². The Morgan fingerprint density at radius 1 is 1.32 bits per heavy atom. The van der Waals surface area contributed by atoms with Gasteiger partial charge in [-0.1, -0.05) is 29.8 Å². The van der Waals surface area contributed by atoms with Crippen LogP contribution in [0.2, 0.25) is 5.02 Å². The number of ether oxygens (including phenoxy) is 1. The van der Waals surface area contributed by atoms with Gasteiger partial charge >= 0.3 is 0 Å². The highest BCUT2D eigenvalue weighted by molar-refractivity contribution is 7.14. The molecule has 0 unspecified atom stereocenters. The molecule has 0 amide bonds. The molecule has 0 bridgehead atoms. The molecule has 1 heterocycles. The van der Waals surface area contributed by atoms with E-state index in [9.17, 15) is 4.39 Å². The van der Waals surface area contributed by atoms with Gasteiger partial charge in [0.05, 0.1) is 11.2 Å². The zero-order valence-electron chi connectivity index (χ0n) is 12.9. The van der Waals surface area contributed by atoms with Gasteiger partial charge in [0.25, 0.3) is 0 Å². The van der Waals surface area contributed by atoms with E-state index < -0.39 is 5.82 Å². The summed E-state index contributed by atoms with van der Waals surface area (Å²) < 4.78 is 19.1. The van der Waals surface area contributed by atoms with Crippen molar-refractivity contribution in [2.24, 2.45) is 5.10 Å². The van der Waals surface area contributed by atoms with E-state index in [0.29, 0.717) is 22.3 Å². The van der Waals surface area contributed by atoms with E-state index in [4.69, 9.17) is 22.1 Å². The van der Waals surface area contributed by atoms with Gasteiger partial charge in [-0.05, 0) is 35.4 Å². The third kappa shape index (κ3) is 4.91. The van der Waals surface area contributed by atoms with Crippen LogP contribution in [-0.2, 0) is 6.61 Å². The lowest BCUT2D eigenvalue weighted by atomic mass is 10.2. The second kappa shape index (κ2) is 7.96. The molecule has 0 atom stereocenters. The van der Waals surface area contributed by atoms with Crippen LogP contribution in [0.3, 0.4) is 0 Å². The third-order valence-electron chi connectivity index (χ3n) is 3.14. The van der Waals surface area contributed by atoms with Gasteiger partial charge in [-0.2, -0.15) is 5.10 Å². The Kier molecular flexibility index (Phi) is 5.47.